The number of amides is 2. The van der Waals surface area contributed by atoms with Gasteiger partial charge in [-0.25, -0.2) is 0 Å². The Morgan fingerprint density at radius 3 is 2.76 bits per heavy atom. The summed E-state index contributed by atoms with van der Waals surface area (Å²) in [5.74, 6) is 0.324. The lowest BCUT2D eigenvalue weighted by molar-refractivity contribution is -0.122. The van der Waals surface area contributed by atoms with Gasteiger partial charge in [-0.05, 0) is 24.3 Å². The van der Waals surface area contributed by atoms with E-state index in [0.717, 1.165) is 16.6 Å². The molecule has 2 heterocycles. The first-order valence-electron chi connectivity index (χ1n) is 9.27. The third-order valence-electron chi connectivity index (χ3n) is 5.06. The summed E-state index contributed by atoms with van der Waals surface area (Å²) in [7, 11) is 3.09. The summed E-state index contributed by atoms with van der Waals surface area (Å²) in [4.78, 5) is 31.6. The van der Waals surface area contributed by atoms with E-state index in [4.69, 9.17) is 9.47 Å². The summed E-state index contributed by atoms with van der Waals surface area (Å²) in [6.45, 7) is 0.298. The number of hydrogen-bond acceptors (Lipinski definition) is 5. The first kappa shape index (κ1) is 18.7. The molecular formula is C22H21N3O4. The molecule has 0 bridgehead atoms. The number of fused-ring (bicyclic) bond motifs is 1. The molecule has 0 aliphatic carbocycles. The number of methoxy groups -OCH3 is 2. The van der Waals surface area contributed by atoms with E-state index in [-0.39, 0.29) is 18.2 Å². The van der Waals surface area contributed by atoms with E-state index >= 15 is 0 Å². The lowest BCUT2D eigenvalue weighted by Gasteiger charge is -2.18. The van der Waals surface area contributed by atoms with Crippen LogP contribution in [0.5, 0.6) is 11.5 Å². The van der Waals surface area contributed by atoms with Crippen molar-refractivity contribution in [1.29, 1.82) is 0 Å². The van der Waals surface area contributed by atoms with Gasteiger partial charge >= 0.3 is 0 Å². The molecule has 4 rings (SSSR count). The molecule has 0 radical (unpaired) electrons. The third-order valence-corrected chi connectivity index (χ3v) is 5.06. The van der Waals surface area contributed by atoms with Gasteiger partial charge in [0.05, 0.1) is 37.0 Å². The van der Waals surface area contributed by atoms with Crippen molar-refractivity contribution in [2.75, 3.05) is 31.0 Å². The van der Waals surface area contributed by atoms with Gasteiger partial charge in [-0.15, -0.1) is 0 Å². The molecule has 1 aromatic heterocycles. The van der Waals surface area contributed by atoms with Crippen LogP contribution in [0.25, 0.3) is 10.9 Å². The third kappa shape index (κ3) is 3.59. The fourth-order valence-corrected chi connectivity index (χ4v) is 3.57. The quantitative estimate of drug-likeness (QED) is 0.722. The largest absolute Gasteiger partial charge is 0.497 e. The number of pyridine rings is 1. The maximum Gasteiger partial charge on any atom is 0.229 e. The number of nitrogens with one attached hydrogen (secondary N) is 1. The van der Waals surface area contributed by atoms with E-state index in [0.29, 0.717) is 23.7 Å². The lowest BCUT2D eigenvalue weighted by atomic mass is 10.1. The van der Waals surface area contributed by atoms with Crippen molar-refractivity contribution in [2.24, 2.45) is 5.92 Å². The average Bonchev–Trinajstić information content (AvgIpc) is 3.14. The number of ether oxygens (including phenoxy) is 2. The molecule has 1 saturated heterocycles. The molecule has 0 saturated carbocycles. The molecule has 0 spiro atoms. The van der Waals surface area contributed by atoms with Crippen LogP contribution in [0.3, 0.4) is 0 Å². The lowest BCUT2D eigenvalue weighted by Crippen LogP contribution is -2.28. The number of aromatic nitrogens is 1. The zero-order chi connectivity index (χ0) is 20.4. The summed E-state index contributed by atoms with van der Waals surface area (Å²) in [6, 6.07) is 14.7. The molecule has 1 aliphatic heterocycles. The Labute approximate surface area is 168 Å². The monoisotopic (exact) mass is 391 g/mol. The van der Waals surface area contributed by atoms with E-state index in [1.54, 1.807) is 36.4 Å². The Morgan fingerprint density at radius 1 is 1.14 bits per heavy atom. The van der Waals surface area contributed by atoms with Crippen LogP contribution in [0.2, 0.25) is 0 Å². The number of para-hydroxylation sites is 1. The number of nitrogens with zero attached hydrogens (tertiary/aromatic N) is 2. The topological polar surface area (TPSA) is 80.8 Å². The van der Waals surface area contributed by atoms with Crippen molar-refractivity contribution < 1.29 is 19.1 Å². The smallest absolute Gasteiger partial charge is 0.229 e. The minimum absolute atomic E-state index is 0.0964. The van der Waals surface area contributed by atoms with Gasteiger partial charge in [-0.2, -0.15) is 0 Å². The maximum absolute atomic E-state index is 12.9. The molecule has 1 aliphatic rings. The molecule has 1 N–H and O–H groups in total. The summed E-state index contributed by atoms with van der Waals surface area (Å²) in [5, 5.41) is 3.82. The van der Waals surface area contributed by atoms with Gasteiger partial charge in [0, 0.05) is 30.6 Å². The SMILES string of the molecule is COc1ccc(OC)c(NC(=O)C2CC(=O)N(c3cccc4cccnc34)C2)c1. The van der Waals surface area contributed by atoms with Crippen LogP contribution in [0.15, 0.2) is 54.7 Å². The van der Waals surface area contributed by atoms with Crippen molar-refractivity contribution in [3.8, 4) is 11.5 Å². The molecule has 3 aromatic rings. The Kier molecular flexibility index (Phi) is 5.03. The molecular weight excluding hydrogens is 370 g/mol. The van der Waals surface area contributed by atoms with Crippen LogP contribution < -0.4 is 19.7 Å². The highest BCUT2D eigenvalue weighted by atomic mass is 16.5. The highest BCUT2D eigenvalue weighted by molar-refractivity contribution is 6.07. The summed E-state index contributed by atoms with van der Waals surface area (Å²) in [6.07, 6.45) is 1.84. The molecule has 1 atom stereocenters. The van der Waals surface area contributed by atoms with Gasteiger partial charge in [-0.1, -0.05) is 18.2 Å². The van der Waals surface area contributed by atoms with E-state index in [1.807, 2.05) is 30.3 Å². The zero-order valence-electron chi connectivity index (χ0n) is 16.2. The van der Waals surface area contributed by atoms with Gasteiger partial charge in [-0.3, -0.25) is 14.6 Å². The maximum atomic E-state index is 12.9. The standard InChI is InChI=1S/C22H21N3O4/c1-28-16-8-9-19(29-2)17(12-16)24-22(27)15-11-20(26)25(13-15)18-7-3-5-14-6-4-10-23-21(14)18/h3-10,12,15H,11,13H2,1-2H3,(H,24,27). The molecule has 2 aromatic carbocycles. The summed E-state index contributed by atoms with van der Waals surface area (Å²) < 4.78 is 10.5. The second-order valence-corrected chi connectivity index (χ2v) is 6.81. The summed E-state index contributed by atoms with van der Waals surface area (Å²) in [5.41, 5.74) is 1.98. The Balaban J connectivity index is 1.56. The van der Waals surface area contributed by atoms with Gasteiger partial charge in [0.1, 0.15) is 11.5 Å². The Hall–Kier alpha value is -3.61. The first-order valence-corrected chi connectivity index (χ1v) is 9.27. The van der Waals surface area contributed by atoms with Crippen molar-refractivity contribution in [3.05, 3.63) is 54.7 Å². The Bertz CT molecular complexity index is 1080. The van der Waals surface area contributed by atoms with Gasteiger partial charge in [0.2, 0.25) is 11.8 Å². The summed E-state index contributed by atoms with van der Waals surface area (Å²) >= 11 is 0. The predicted molar refractivity (Wildman–Crippen MR) is 110 cm³/mol. The number of rotatable bonds is 5. The number of hydrogen-bond donors (Lipinski definition) is 1. The molecule has 7 nitrogen and oxygen atoms in total. The van der Waals surface area contributed by atoms with Crippen LogP contribution in [-0.4, -0.2) is 37.6 Å². The van der Waals surface area contributed by atoms with Crippen LogP contribution in [0.1, 0.15) is 6.42 Å². The van der Waals surface area contributed by atoms with E-state index in [2.05, 4.69) is 10.3 Å². The van der Waals surface area contributed by atoms with Gasteiger partial charge in [0.25, 0.3) is 0 Å². The normalized spacial score (nSPS) is 16.1. The van der Waals surface area contributed by atoms with Crippen molar-refractivity contribution >= 4 is 34.1 Å². The van der Waals surface area contributed by atoms with Crippen molar-refractivity contribution in [2.45, 2.75) is 6.42 Å². The average molecular weight is 391 g/mol. The second-order valence-electron chi connectivity index (χ2n) is 6.81. The van der Waals surface area contributed by atoms with E-state index < -0.39 is 5.92 Å². The second kappa shape index (κ2) is 7.79. The molecule has 2 amide bonds. The van der Waals surface area contributed by atoms with Crippen LogP contribution >= 0.6 is 0 Å². The predicted octanol–water partition coefficient (Wildman–Crippen LogP) is 3.24. The molecule has 148 valence electrons. The highest BCUT2D eigenvalue weighted by Crippen LogP contribution is 2.33. The minimum Gasteiger partial charge on any atom is -0.497 e. The van der Waals surface area contributed by atoms with Gasteiger partial charge < -0.3 is 19.7 Å². The molecule has 1 unspecified atom stereocenters. The van der Waals surface area contributed by atoms with Crippen LogP contribution in [-0.2, 0) is 9.59 Å². The Morgan fingerprint density at radius 2 is 1.97 bits per heavy atom. The van der Waals surface area contributed by atoms with E-state index in [9.17, 15) is 9.59 Å². The zero-order valence-corrected chi connectivity index (χ0v) is 16.2. The molecule has 29 heavy (non-hydrogen) atoms. The fourth-order valence-electron chi connectivity index (χ4n) is 3.57. The van der Waals surface area contributed by atoms with Crippen LogP contribution in [0, 0.1) is 5.92 Å². The van der Waals surface area contributed by atoms with E-state index in [1.165, 1.54) is 7.11 Å². The first-order chi connectivity index (χ1) is 14.1. The number of benzene rings is 2. The minimum atomic E-state index is -0.475. The van der Waals surface area contributed by atoms with Gasteiger partial charge in [0.15, 0.2) is 0 Å². The highest BCUT2D eigenvalue weighted by Gasteiger charge is 2.36. The number of anilines is 2. The molecule has 7 heteroatoms. The van der Waals surface area contributed by atoms with Crippen molar-refractivity contribution in [3.63, 3.8) is 0 Å². The fraction of sp³-hybridized carbons (Fsp3) is 0.227. The number of carbonyl (C=O) groups is 2. The molecule has 1 fully saturated rings. The van der Waals surface area contributed by atoms with Crippen LogP contribution in [0.4, 0.5) is 11.4 Å². The van der Waals surface area contributed by atoms with Crippen molar-refractivity contribution in [1.82, 2.24) is 4.98 Å². The number of carbonyl (C=O) groups excluding carboxylic acids is 2.